The van der Waals surface area contributed by atoms with Gasteiger partial charge >= 0.3 is 5.97 Å². The van der Waals surface area contributed by atoms with Crippen LogP contribution in [0.15, 0.2) is 12.1 Å². The third-order valence-corrected chi connectivity index (χ3v) is 4.78. The minimum absolute atomic E-state index is 0.367. The molecule has 108 valence electrons. The minimum Gasteiger partial charge on any atom is -0.478 e. The fourth-order valence-electron chi connectivity index (χ4n) is 3.71. The molecule has 1 aliphatic carbocycles. The van der Waals surface area contributed by atoms with Gasteiger partial charge in [0, 0.05) is 18.3 Å². The first-order valence-corrected chi connectivity index (χ1v) is 7.70. The van der Waals surface area contributed by atoms with Crippen LogP contribution < -0.4 is 4.90 Å². The van der Waals surface area contributed by atoms with Gasteiger partial charge in [-0.3, -0.25) is 0 Å². The molecule has 1 N–H and O–H groups in total. The lowest BCUT2D eigenvalue weighted by molar-refractivity contribution is 0.0696. The summed E-state index contributed by atoms with van der Waals surface area (Å²) in [6.07, 6.45) is 7.18. The smallest absolute Gasteiger partial charge is 0.335 e. The Morgan fingerprint density at radius 1 is 1.35 bits per heavy atom. The van der Waals surface area contributed by atoms with E-state index in [9.17, 15) is 9.90 Å². The summed E-state index contributed by atoms with van der Waals surface area (Å²) in [6.45, 7) is 3.04. The van der Waals surface area contributed by atoms with E-state index in [-0.39, 0.29) is 0 Å². The predicted molar refractivity (Wildman–Crippen MR) is 78.3 cm³/mol. The van der Waals surface area contributed by atoms with E-state index in [0.29, 0.717) is 11.6 Å². The highest BCUT2D eigenvalue weighted by molar-refractivity contribution is 5.88. The third-order valence-electron chi connectivity index (χ3n) is 4.78. The molecule has 0 bridgehead atoms. The van der Waals surface area contributed by atoms with Gasteiger partial charge in [0.15, 0.2) is 0 Å². The molecule has 2 heterocycles. The Balaban J connectivity index is 1.93. The number of hydrogen-bond acceptors (Lipinski definition) is 3. The van der Waals surface area contributed by atoms with E-state index in [1.54, 1.807) is 12.1 Å². The molecule has 1 saturated carbocycles. The second-order valence-corrected chi connectivity index (χ2v) is 5.96. The van der Waals surface area contributed by atoms with Crippen LogP contribution in [0.4, 0.5) is 5.82 Å². The lowest BCUT2D eigenvalue weighted by Gasteiger charge is -2.32. The minimum atomic E-state index is -0.859. The maximum atomic E-state index is 11.3. The highest BCUT2D eigenvalue weighted by Crippen LogP contribution is 2.38. The van der Waals surface area contributed by atoms with Crippen molar-refractivity contribution in [1.29, 1.82) is 0 Å². The van der Waals surface area contributed by atoms with Gasteiger partial charge in [-0.25, -0.2) is 9.78 Å². The third kappa shape index (κ3) is 2.39. The summed E-state index contributed by atoms with van der Waals surface area (Å²) < 4.78 is 0. The number of carboxylic acids is 1. The van der Waals surface area contributed by atoms with E-state index in [2.05, 4.69) is 9.88 Å². The molecule has 3 rings (SSSR count). The van der Waals surface area contributed by atoms with Crippen molar-refractivity contribution in [3.63, 3.8) is 0 Å². The summed E-state index contributed by atoms with van der Waals surface area (Å²) in [5, 5.41) is 9.26. The van der Waals surface area contributed by atoms with Crippen molar-refractivity contribution in [3.05, 3.63) is 23.4 Å². The molecule has 1 aromatic heterocycles. The van der Waals surface area contributed by atoms with E-state index in [1.165, 1.54) is 32.1 Å². The molecule has 4 heteroatoms. The number of aromatic nitrogens is 1. The van der Waals surface area contributed by atoms with Gasteiger partial charge in [0.05, 0.1) is 5.56 Å². The number of hydrogen-bond donors (Lipinski definition) is 1. The van der Waals surface area contributed by atoms with Gasteiger partial charge in [0.2, 0.25) is 0 Å². The fourth-order valence-corrected chi connectivity index (χ4v) is 3.71. The van der Waals surface area contributed by atoms with Crippen LogP contribution in [-0.4, -0.2) is 28.6 Å². The molecule has 2 fully saturated rings. The largest absolute Gasteiger partial charge is 0.478 e. The van der Waals surface area contributed by atoms with Crippen LogP contribution in [0.5, 0.6) is 0 Å². The van der Waals surface area contributed by atoms with Crippen LogP contribution in [0.1, 0.15) is 55.1 Å². The van der Waals surface area contributed by atoms with Gasteiger partial charge < -0.3 is 10.0 Å². The number of anilines is 1. The molecule has 4 nitrogen and oxygen atoms in total. The zero-order valence-corrected chi connectivity index (χ0v) is 12.0. The average molecular weight is 274 g/mol. The van der Waals surface area contributed by atoms with E-state index < -0.39 is 5.97 Å². The van der Waals surface area contributed by atoms with Crippen molar-refractivity contribution in [2.24, 2.45) is 5.92 Å². The number of pyridine rings is 1. The number of nitrogens with zero attached hydrogens (tertiary/aromatic N) is 2. The molecular formula is C16H22N2O2. The Labute approximate surface area is 119 Å². The predicted octanol–water partition coefficient (Wildman–Crippen LogP) is 3.11. The van der Waals surface area contributed by atoms with Gasteiger partial charge in [-0.05, 0) is 43.7 Å². The first kappa shape index (κ1) is 13.4. The molecule has 1 aromatic rings. The average Bonchev–Trinajstić information content (AvgIpc) is 2.90. The normalized spacial score (nSPS) is 25.6. The standard InChI is InChI=1S/C16H22N2O2/c1-2-13-9-12(16(19)20)10-15(17-13)18-8-7-11-5-3-4-6-14(11)18/h9-11,14H,2-8H2,1H3,(H,19,20). The molecule has 0 aromatic carbocycles. The first-order chi connectivity index (χ1) is 9.69. The highest BCUT2D eigenvalue weighted by Gasteiger charge is 2.36. The van der Waals surface area contributed by atoms with Gasteiger partial charge in [0.25, 0.3) is 0 Å². The van der Waals surface area contributed by atoms with Gasteiger partial charge in [-0.1, -0.05) is 19.8 Å². The quantitative estimate of drug-likeness (QED) is 0.920. The number of fused-ring (bicyclic) bond motifs is 1. The van der Waals surface area contributed by atoms with Crippen LogP contribution in [0, 0.1) is 5.92 Å². The lowest BCUT2D eigenvalue weighted by atomic mass is 9.85. The Bertz CT molecular complexity index is 515. The second-order valence-electron chi connectivity index (χ2n) is 5.96. The summed E-state index contributed by atoms with van der Waals surface area (Å²) in [5.41, 5.74) is 1.24. The number of carboxylic acid groups (broad SMARTS) is 1. The molecule has 0 amide bonds. The van der Waals surface area contributed by atoms with Crippen molar-refractivity contribution in [2.45, 2.75) is 51.5 Å². The Morgan fingerprint density at radius 3 is 2.90 bits per heavy atom. The topological polar surface area (TPSA) is 53.4 Å². The summed E-state index contributed by atoms with van der Waals surface area (Å²) in [5.74, 6) is 0.794. The van der Waals surface area contributed by atoms with Crippen LogP contribution in [-0.2, 0) is 6.42 Å². The summed E-state index contributed by atoms with van der Waals surface area (Å²) in [4.78, 5) is 18.3. The number of aromatic carboxylic acids is 1. The van der Waals surface area contributed by atoms with Crippen LogP contribution >= 0.6 is 0 Å². The number of carbonyl (C=O) groups is 1. The summed E-state index contributed by atoms with van der Waals surface area (Å²) in [6, 6.07) is 4.02. The Morgan fingerprint density at radius 2 is 2.15 bits per heavy atom. The highest BCUT2D eigenvalue weighted by atomic mass is 16.4. The van der Waals surface area contributed by atoms with Crippen LogP contribution in [0.3, 0.4) is 0 Å². The van der Waals surface area contributed by atoms with Gasteiger partial charge in [-0.2, -0.15) is 0 Å². The molecule has 1 saturated heterocycles. The lowest BCUT2D eigenvalue weighted by Crippen LogP contribution is -2.35. The zero-order valence-electron chi connectivity index (χ0n) is 12.0. The molecule has 2 atom stereocenters. The van der Waals surface area contributed by atoms with Crippen LogP contribution in [0.25, 0.3) is 0 Å². The molecule has 0 spiro atoms. The zero-order chi connectivity index (χ0) is 14.1. The molecule has 1 aliphatic heterocycles. The molecule has 0 radical (unpaired) electrons. The molecule has 20 heavy (non-hydrogen) atoms. The van der Waals surface area contributed by atoms with E-state index in [4.69, 9.17) is 0 Å². The maximum Gasteiger partial charge on any atom is 0.335 e. The molecular weight excluding hydrogens is 252 g/mol. The number of rotatable bonds is 3. The molecule has 2 unspecified atom stereocenters. The fraction of sp³-hybridized carbons (Fsp3) is 0.625. The Hall–Kier alpha value is -1.58. The molecule has 2 aliphatic rings. The van der Waals surface area contributed by atoms with Gasteiger partial charge in [0.1, 0.15) is 5.82 Å². The number of aryl methyl sites for hydroxylation is 1. The van der Waals surface area contributed by atoms with E-state index in [0.717, 1.165) is 30.4 Å². The Kier molecular flexibility index (Phi) is 3.64. The van der Waals surface area contributed by atoms with E-state index >= 15 is 0 Å². The second kappa shape index (κ2) is 5.43. The van der Waals surface area contributed by atoms with Gasteiger partial charge in [-0.15, -0.1) is 0 Å². The first-order valence-electron chi connectivity index (χ1n) is 7.70. The SMILES string of the molecule is CCc1cc(C(=O)O)cc(N2CCC3CCCCC32)n1. The van der Waals surface area contributed by atoms with Crippen molar-refractivity contribution < 1.29 is 9.90 Å². The van der Waals surface area contributed by atoms with Crippen molar-refractivity contribution in [1.82, 2.24) is 4.98 Å². The monoisotopic (exact) mass is 274 g/mol. The summed E-state index contributed by atoms with van der Waals surface area (Å²) >= 11 is 0. The summed E-state index contributed by atoms with van der Waals surface area (Å²) in [7, 11) is 0. The van der Waals surface area contributed by atoms with Crippen molar-refractivity contribution in [2.75, 3.05) is 11.4 Å². The van der Waals surface area contributed by atoms with Crippen LogP contribution in [0.2, 0.25) is 0 Å². The van der Waals surface area contributed by atoms with Crippen molar-refractivity contribution >= 4 is 11.8 Å². The van der Waals surface area contributed by atoms with E-state index in [1.807, 2.05) is 6.92 Å². The maximum absolute atomic E-state index is 11.3. The van der Waals surface area contributed by atoms with Crippen molar-refractivity contribution in [3.8, 4) is 0 Å².